The molecule has 0 radical (unpaired) electrons. The van der Waals surface area contributed by atoms with Crippen molar-refractivity contribution < 1.29 is 41.8 Å². The molecule has 0 aromatic heterocycles. The fourth-order valence-electron chi connectivity index (χ4n) is 3.62. The third-order valence-electron chi connectivity index (χ3n) is 5.55. The van der Waals surface area contributed by atoms with E-state index in [1.165, 1.54) is 78.0 Å². The zero-order valence-corrected chi connectivity index (χ0v) is 22.6. The van der Waals surface area contributed by atoms with Gasteiger partial charge in [-0.1, -0.05) is 0 Å². The number of methoxy groups -OCH3 is 5. The van der Waals surface area contributed by atoms with Crippen LogP contribution in [0.3, 0.4) is 0 Å². The van der Waals surface area contributed by atoms with Gasteiger partial charge in [0.15, 0.2) is 11.5 Å². The van der Waals surface area contributed by atoms with Crippen LogP contribution in [0.5, 0.6) is 28.7 Å². The van der Waals surface area contributed by atoms with Crippen LogP contribution in [0.2, 0.25) is 0 Å². The molecule has 1 amide bonds. The highest BCUT2D eigenvalue weighted by molar-refractivity contribution is 7.92. The molecule has 14 heteroatoms. The summed E-state index contributed by atoms with van der Waals surface area (Å²) in [5.74, 6) is 0.226. The number of nitrogens with zero attached hydrogens (tertiary/aromatic N) is 2. The summed E-state index contributed by atoms with van der Waals surface area (Å²) in [7, 11) is 2.41. The topological polar surface area (TPSA) is 156 Å². The Morgan fingerprint density at radius 1 is 0.821 bits per heavy atom. The Labute approximate surface area is 225 Å². The molecule has 0 fully saturated rings. The maximum Gasteiger partial charge on any atom is 0.271 e. The molecule has 1 N–H and O–H groups in total. The number of carbonyl (C=O) groups is 1. The molecule has 0 aliphatic heterocycles. The van der Waals surface area contributed by atoms with E-state index in [4.69, 9.17) is 23.7 Å². The smallest absolute Gasteiger partial charge is 0.271 e. The number of rotatable bonds is 12. The Balaban J connectivity index is 2.12. The van der Waals surface area contributed by atoms with Crippen LogP contribution < -0.4 is 33.3 Å². The van der Waals surface area contributed by atoms with Gasteiger partial charge in [0, 0.05) is 24.3 Å². The second kappa shape index (κ2) is 12.2. The first kappa shape index (κ1) is 28.8. The van der Waals surface area contributed by atoms with Crippen LogP contribution >= 0.6 is 0 Å². The Bertz CT molecular complexity index is 1480. The van der Waals surface area contributed by atoms with Crippen molar-refractivity contribution in [2.75, 3.05) is 51.7 Å². The average molecular weight is 562 g/mol. The molecular weight excluding hydrogens is 534 g/mol. The maximum absolute atomic E-state index is 14.0. The zero-order valence-electron chi connectivity index (χ0n) is 21.8. The van der Waals surface area contributed by atoms with Gasteiger partial charge in [0.05, 0.1) is 56.7 Å². The van der Waals surface area contributed by atoms with Crippen LogP contribution in [0.15, 0.2) is 59.5 Å². The van der Waals surface area contributed by atoms with Gasteiger partial charge in [-0.05, 0) is 30.3 Å². The molecule has 0 saturated carbocycles. The van der Waals surface area contributed by atoms with E-state index in [9.17, 15) is 23.3 Å². The van der Waals surface area contributed by atoms with Crippen molar-refractivity contribution in [3.8, 4) is 28.7 Å². The summed E-state index contributed by atoms with van der Waals surface area (Å²) >= 11 is 0. The van der Waals surface area contributed by atoms with E-state index >= 15 is 0 Å². The first-order chi connectivity index (χ1) is 18.6. The average Bonchev–Trinajstić information content (AvgIpc) is 2.94. The molecule has 0 unspecified atom stereocenters. The lowest BCUT2D eigenvalue weighted by Crippen LogP contribution is -2.38. The number of nitrogens with one attached hydrogen (secondary N) is 1. The van der Waals surface area contributed by atoms with Gasteiger partial charge in [-0.25, -0.2) is 8.42 Å². The molecule has 0 bridgehead atoms. The minimum atomic E-state index is -4.43. The number of ether oxygens (including phenoxy) is 5. The summed E-state index contributed by atoms with van der Waals surface area (Å²) in [5, 5.41) is 13.7. The van der Waals surface area contributed by atoms with E-state index in [0.29, 0.717) is 11.5 Å². The number of hydrogen-bond acceptors (Lipinski definition) is 10. The van der Waals surface area contributed by atoms with Crippen LogP contribution in [0.4, 0.5) is 17.1 Å². The Morgan fingerprint density at radius 2 is 1.44 bits per heavy atom. The largest absolute Gasteiger partial charge is 0.497 e. The molecule has 208 valence electrons. The number of hydrogen-bond donors (Lipinski definition) is 1. The van der Waals surface area contributed by atoms with Gasteiger partial charge in [-0.2, -0.15) is 0 Å². The van der Waals surface area contributed by atoms with Crippen molar-refractivity contribution in [1.29, 1.82) is 0 Å². The molecule has 0 aliphatic carbocycles. The van der Waals surface area contributed by atoms with Gasteiger partial charge in [0.1, 0.15) is 23.8 Å². The monoisotopic (exact) mass is 561 g/mol. The number of nitro benzene ring substituents is 1. The van der Waals surface area contributed by atoms with Gasteiger partial charge >= 0.3 is 0 Å². The van der Waals surface area contributed by atoms with Crippen LogP contribution in [-0.4, -0.2) is 61.3 Å². The van der Waals surface area contributed by atoms with Crippen LogP contribution in [0.1, 0.15) is 0 Å². The van der Waals surface area contributed by atoms with E-state index in [-0.39, 0.29) is 39.2 Å². The maximum atomic E-state index is 14.0. The third-order valence-corrected chi connectivity index (χ3v) is 7.31. The lowest BCUT2D eigenvalue weighted by atomic mass is 10.2. The van der Waals surface area contributed by atoms with Gasteiger partial charge in [0.25, 0.3) is 15.7 Å². The van der Waals surface area contributed by atoms with Gasteiger partial charge < -0.3 is 29.0 Å². The number of carbonyl (C=O) groups excluding carboxylic acids is 1. The quantitative estimate of drug-likeness (QED) is 0.257. The van der Waals surface area contributed by atoms with Crippen molar-refractivity contribution in [2.24, 2.45) is 0 Å². The number of benzene rings is 3. The second-order valence-corrected chi connectivity index (χ2v) is 9.62. The molecule has 3 rings (SSSR count). The number of sulfonamides is 1. The van der Waals surface area contributed by atoms with E-state index in [1.54, 1.807) is 6.07 Å². The van der Waals surface area contributed by atoms with Crippen molar-refractivity contribution in [3.05, 3.63) is 64.7 Å². The first-order valence-corrected chi connectivity index (χ1v) is 12.6. The lowest BCUT2D eigenvalue weighted by Gasteiger charge is -2.26. The summed E-state index contributed by atoms with van der Waals surface area (Å²) in [6.45, 7) is -0.744. The van der Waals surface area contributed by atoms with Crippen molar-refractivity contribution >= 4 is 33.0 Å². The summed E-state index contributed by atoms with van der Waals surface area (Å²) in [5.41, 5.74) is -0.305. The van der Waals surface area contributed by atoms with Gasteiger partial charge in [-0.3, -0.25) is 19.2 Å². The lowest BCUT2D eigenvalue weighted by molar-refractivity contribution is -0.384. The third kappa shape index (κ3) is 6.23. The molecular formula is C25H27N3O10S. The van der Waals surface area contributed by atoms with Crippen molar-refractivity contribution in [1.82, 2.24) is 0 Å². The predicted molar refractivity (Wildman–Crippen MR) is 142 cm³/mol. The van der Waals surface area contributed by atoms with Crippen LogP contribution in [0, 0.1) is 10.1 Å². The molecule has 3 aromatic rings. The highest BCUT2D eigenvalue weighted by Gasteiger charge is 2.31. The first-order valence-electron chi connectivity index (χ1n) is 11.2. The van der Waals surface area contributed by atoms with E-state index in [2.05, 4.69) is 5.32 Å². The highest BCUT2D eigenvalue weighted by Crippen LogP contribution is 2.38. The normalized spacial score (nSPS) is 10.8. The van der Waals surface area contributed by atoms with E-state index in [0.717, 1.165) is 10.4 Å². The highest BCUT2D eigenvalue weighted by atomic mass is 32.2. The Morgan fingerprint density at radius 3 is 2.03 bits per heavy atom. The fourth-order valence-corrected chi connectivity index (χ4v) is 5.06. The number of nitro groups is 1. The minimum Gasteiger partial charge on any atom is -0.497 e. The molecule has 0 saturated heterocycles. The second-order valence-electron chi connectivity index (χ2n) is 7.76. The van der Waals surface area contributed by atoms with Gasteiger partial charge in [-0.15, -0.1) is 0 Å². The summed E-state index contributed by atoms with van der Waals surface area (Å²) < 4.78 is 55.0. The van der Waals surface area contributed by atoms with Crippen molar-refractivity contribution in [3.63, 3.8) is 0 Å². The van der Waals surface area contributed by atoms with Crippen LogP contribution in [0.25, 0.3) is 0 Å². The molecule has 0 spiro atoms. The van der Waals surface area contributed by atoms with E-state index < -0.39 is 27.4 Å². The van der Waals surface area contributed by atoms with E-state index in [1.807, 2.05) is 0 Å². The molecule has 0 aliphatic rings. The Kier molecular flexibility index (Phi) is 9.04. The molecule has 0 heterocycles. The fraction of sp³-hybridized carbons (Fsp3) is 0.240. The molecule has 0 atom stereocenters. The van der Waals surface area contributed by atoms with Crippen LogP contribution in [-0.2, 0) is 14.8 Å². The number of non-ortho nitro benzene ring substituents is 1. The Hall–Kier alpha value is -4.72. The molecule has 13 nitrogen and oxygen atoms in total. The summed E-state index contributed by atoms with van der Waals surface area (Å²) in [6, 6.07) is 12.1. The summed E-state index contributed by atoms with van der Waals surface area (Å²) in [4.78, 5) is 23.6. The number of anilines is 2. The predicted octanol–water partition coefficient (Wildman–Crippen LogP) is 3.47. The van der Waals surface area contributed by atoms with Crippen molar-refractivity contribution in [2.45, 2.75) is 4.90 Å². The number of amides is 1. The molecule has 3 aromatic carbocycles. The minimum absolute atomic E-state index is 0.00721. The molecule has 39 heavy (non-hydrogen) atoms. The summed E-state index contributed by atoms with van der Waals surface area (Å²) in [6.07, 6.45) is 0. The van der Waals surface area contributed by atoms with Gasteiger partial charge in [0.2, 0.25) is 5.91 Å². The SMILES string of the molecule is COc1ccc(OC)c(N(CC(=O)Nc2cc([N+](=O)[O-])ccc2OC)S(=O)(=O)c2ccc(OC)c(OC)c2)c1. The standard InChI is InChI=1S/C25H27N3O10S/c1-34-17-7-10-22(36-3)20(13-17)27(39(32,33)18-8-11-23(37-4)24(14-18)38-5)15-25(29)26-19-12-16(28(30)31)6-9-21(19)35-2/h6-14H,15H2,1-5H3,(H,26,29). The zero-order chi connectivity index (χ0) is 28.7.